The molecular weight excluding hydrogens is 317 g/mol. The number of amidine groups is 1. The molecule has 0 spiro atoms. The van der Waals surface area contributed by atoms with Crippen molar-refractivity contribution in [3.05, 3.63) is 29.6 Å². The zero-order valence-electron chi connectivity index (χ0n) is 12.7. The molecule has 2 unspecified atom stereocenters. The predicted octanol–water partition coefficient (Wildman–Crippen LogP) is 3.55. The van der Waals surface area contributed by atoms with E-state index in [9.17, 15) is 9.18 Å². The second-order valence-electron chi connectivity index (χ2n) is 6.12. The summed E-state index contributed by atoms with van der Waals surface area (Å²) in [5, 5.41) is 11.7. The molecule has 1 aromatic carbocycles. The zero-order valence-corrected chi connectivity index (χ0v) is 13.5. The van der Waals surface area contributed by atoms with Crippen molar-refractivity contribution in [3.8, 4) is 0 Å². The summed E-state index contributed by atoms with van der Waals surface area (Å²) >= 11 is 1.39. The number of nitrogens with two attached hydrogens (primary N) is 1. The Hall–Kier alpha value is -1.76. The fourth-order valence-electron chi connectivity index (χ4n) is 3.61. The molecular formula is C16H20FN3O2S. The Kier molecular flexibility index (Phi) is 4.48. The van der Waals surface area contributed by atoms with Crippen molar-refractivity contribution in [3.63, 3.8) is 0 Å². The Morgan fingerprint density at radius 3 is 3.04 bits per heavy atom. The van der Waals surface area contributed by atoms with Gasteiger partial charge in [-0.1, -0.05) is 31.0 Å². The van der Waals surface area contributed by atoms with Gasteiger partial charge < -0.3 is 10.8 Å². The Morgan fingerprint density at radius 1 is 1.43 bits per heavy atom. The molecule has 1 aromatic rings. The molecule has 0 aromatic heterocycles. The molecule has 1 aliphatic carbocycles. The van der Waals surface area contributed by atoms with E-state index in [1.165, 1.54) is 17.8 Å². The molecule has 1 saturated carbocycles. The monoisotopic (exact) mass is 337 g/mol. The Bertz CT molecular complexity index is 652. The third-order valence-electron chi connectivity index (χ3n) is 4.68. The normalized spacial score (nSPS) is 27.5. The lowest BCUT2D eigenvalue weighted by molar-refractivity contribution is 0.200. The maximum Gasteiger partial charge on any atom is 0.410 e. The van der Waals surface area contributed by atoms with Crippen LogP contribution in [0.3, 0.4) is 0 Å². The highest BCUT2D eigenvalue weighted by molar-refractivity contribution is 8.13. The number of nitrogen functional groups attached to an aromatic ring is 1. The first-order valence-electron chi connectivity index (χ1n) is 7.79. The molecule has 7 heteroatoms. The number of benzene rings is 1. The molecule has 0 radical (unpaired) electrons. The third kappa shape index (κ3) is 3.15. The van der Waals surface area contributed by atoms with Gasteiger partial charge in [-0.05, 0) is 37.0 Å². The number of hydrogen-bond donors (Lipinski definition) is 3. The number of hydrogen-bond acceptors (Lipinski definition) is 4. The number of aliphatic imine (C=N–C) groups is 1. The van der Waals surface area contributed by atoms with Gasteiger partial charge in [-0.2, -0.15) is 0 Å². The van der Waals surface area contributed by atoms with Crippen molar-refractivity contribution in [2.45, 2.75) is 37.6 Å². The first kappa shape index (κ1) is 16.1. The van der Waals surface area contributed by atoms with Crippen LogP contribution in [0.5, 0.6) is 0 Å². The van der Waals surface area contributed by atoms with Crippen LogP contribution in [0.2, 0.25) is 0 Å². The van der Waals surface area contributed by atoms with Crippen molar-refractivity contribution in [2.75, 3.05) is 11.5 Å². The van der Waals surface area contributed by atoms with Gasteiger partial charge in [0.15, 0.2) is 5.17 Å². The zero-order chi connectivity index (χ0) is 16.4. The minimum absolute atomic E-state index is 0.186. The van der Waals surface area contributed by atoms with Crippen LogP contribution in [-0.4, -0.2) is 22.1 Å². The Morgan fingerprint density at radius 2 is 2.26 bits per heavy atom. The maximum absolute atomic E-state index is 14.6. The van der Waals surface area contributed by atoms with Gasteiger partial charge in [-0.25, -0.2) is 9.18 Å². The minimum Gasteiger partial charge on any atom is -0.465 e. The van der Waals surface area contributed by atoms with E-state index in [4.69, 9.17) is 15.8 Å². The number of nitrogens with zero attached hydrogens (tertiary/aromatic N) is 1. The summed E-state index contributed by atoms with van der Waals surface area (Å²) < 4.78 is 14.6. The molecule has 1 fully saturated rings. The SMILES string of the molecule is Nc1ccc(F)c(C23CCCCCC2CSC(NC(=O)O)=N3)c1. The lowest BCUT2D eigenvalue weighted by atomic mass is 9.75. The first-order valence-corrected chi connectivity index (χ1v) is 8.78. The van der Waals surface area contributed by atoms with Crippen molar-refractivity contribution in [1.29, 1.82) is 0 Å². The number of carbonyl (C=O) groups is 1. The van der Waals surface area contributed by atoms with Gasteiger partial charge in [0.2, 0.25) is 0 Å². The first-order chi connectivity index (χ1) is 11.0. The van der Waals surface area contributed by atoms with Gasteiger partial charge in [0.1, 0.15) is 5.82 Å². The van der Waals surface area contributed by atoms with Gasteiger partial charge in [-0.3, -0.25) is 10.3 Å². The smallest absolute Gasteiger partial charge is 0.410 e. The molecule has 2 atom stereocenters. The van der Waals surface area contributed by atoms with E-state index in [1.54, 1.807) is 12.1 Å². The lowest BCUT2D eigenvalue weighted by Crippen LogP contribution is -2.42. The molecule has 5 nitrogen and oxygen atoms in total. The molecule has 1 heterocycles. The van der Waals surface area contributed by atoms with Gasteiger partial charge in [0, 0.05) is 17.0 Å². The molecule has 1 aliphatic heterocycles. The van der Waals surface area contributed by atoms with Gasteiger partial charge >= 0.3 is 6.09 Å². The number of halogens is 1. The number of carboxylic acid groups (broad SMARTS) is 1. The topological polar surface area (TPSA) is 87.7 Å². The molecule has 0 bridgehead atoms. The second-order valence-corrected chi connectivity index (χ2v) is 7.13. The Labute approximate surface area is 138 Å². The van der Waals surface area contributed by atoms with Gasteiger partial charge in [0.25, 0.3) is 0 Å². The van der Waals surface area contributed by atoms with Crippen LogP contribution in [0.15, 0.2) is 23.2 Å². The van der Waals surface area contributed by atoms with E-state index in [0.29, 0.717) is 22.8 Å². The van der Waals surface area contributed by atoms with E-state index < -0.39 is 11.6 Å². The number of amides is 1. The van der Waals surface area contributed by atoms with Crippen LogP contribution in [0.1, 0.15) is 37.7 Å². The summed E-state index contributed by atoms with van der Waals surface area (Å²) in [6.07, 6.45) is 3.65. The van der Waals surface area contributed by atoms with E-state index >= 15 is 0 Å². The number of fused-ring (bicyclic) bond motifs is 1. The quantitative estimate of drug-likeness (QED) is 0.684. The molecule has 23 heavy (non-hydrogen) atoms. The molecule has 3 rings (SSSR count). The van der Waals surface area contributed by atoms with E-state index in [1.807, 2.05) is 0 Å². The second kappa shape index (κ2) is 6.39. The number of rotatable bonds is 1. The number of nitrogens with one attached hydrogen (secondary N) is 1. The largest absolute Gasteiger partial charge is 0.465 e. The minimum atomic E-state index is -1.15. The fraction of sp³-hybridized carbons (Fsp3) is 0.500. The van der Waals surface area contributed by atoms with Crippen molar-refractivity contribution >= 4 is 28.7 Å². The molecule has 2 aliphatic rings. The maximum atomic E-state index is 14.6. The molecule has 124 valence electrons. The van der Waals surface area contributed by atoms with E-state index in [-0.39, 0.29) is 11.7 Å². The summed E-state index contributed by atoms with van der Waals surface area (Å²) in [5.74, 6) is 0.593. The highest BCUT2D eigenvalue weighted by Gasteiger charge is 2.45. The highest BCUT2D eigenvalue weighted by Crippen LogP contribution is 2.49. The van der Waals surface area contributed by atoms with Crippen LogP contribution in [0, 0.1) is 11.7 Å². The predicted molar refractivity (Wildman–Crippen MR) is 90.1 cm³/mol. The summed E-state index contributed by atoms with van der Waals surface area (Å²) in [5.41, 5.74) is 6.15. The van der Waals surface area contributed by atoms with Crippen molar-refractivity contribution in [1.82, 2.24) is 5.32 Å². The highest BCUT2D eigenvalue weighted by atomic mass is 32.2. The summed E-state index contributed by atoms with van der Waals surface area (Å²) in [7, 11) is 0. The van der Waals surface area contributed by atoms with Crippen LogP contribution in [0.25, 0.3) is 0 Å². The van der Waals surface area contributed by atoms with Crippen molar-refractivity contribution in [2.24, 2.45) is 10.9 Å². The molecule has 0 saturated heterocycles. The summed E-state index contributed by atoms with van der Waals surface area (Å²) in [4.78, 5) is 15.7. The van der Waals surface area contributed by atoms with E-state index in [0.717, 1.165) is 31.4 Å². The van der Waals surface area contributed by atoms with Crippen LogP contribution >= 0.6 is 11.8 Å². The number of thioether (sulfide) groups is 1. The fourth-order valence-corrected chi connectivity index (χ4v) is 4.80. The molecule has 1 amide bonds. The molecule has 4 N–H and O–H groups in total. The van der Waals surface area contributed by atoms with Crippen LogP contribution in [0.4, 0.5) is 14.9 Å². The van der Waals surface area contributed by atoms with Gasteiger partial charge in [0.05, 0.1) is 5.54 Å². The van der Waals surface area contributed by atoms with Crippen LogP contribution < -0.4 is 11.1 Å². The summed E-state index contributed by atoms with van der Waals surface area (Å²) in [6, 6.07) is 4.58. The van der Waals surface area contributed by atoms with E-state index in [2.05, 4.69) is 5.32 Å². The average Bonchev–Trinajstić information content (AvgIpc) is 2.71. The number of anilines is 1. The lowest BCUT2D eigenvalue weighted by Gasteiger charge is -2.40. The average molecular weight is 337 g/mol. The van der Waals surface area contributed by atoms with Crippen molar-refractivity contribution < 1.29 is 14.3 Å². The van der Waals surface area contributed by atoms with Gasteiger partial charge in [-0.15, -0.1) is 0 Å². The standard InChI is InChI=1S/C16H20FN3O2S/c17-13-6-5-11(18)8-12(13)16-7-3-1-2-4-10(16)9-23-14(20-16)19-15(21)22/h5-6,8,10H,1-4,7,9,18H2,(H,19,20)(H,21,22). The third-order valence-corrected chi connectivity index (χ3v) is 5.71. The van der Waals surface area contributed by atoms with Crippen LogP contribution in [-0.2, 0) is 5.54 Å². The summed E-state index contributed by atoms with van der Waals surface area (Å²) in [6.45, 7) is 0. The Balaban J connectivity index is 2.12.